The van der Waals surface area contributed by atoms with Crippen LogP contribution >= 0.6 is 0 Å². The monoisotopic (exact) mass is 225 g/mol. The summed E-state index contributed by atoms with van der Waals surface area (Å²) in [6, 6.07) is 7.74. The van der Waals surface area contributed by atoms with E-state index in [0.29, 0.717) is 5.82 Å². The van der Waals surface area contributed by atoms with Gasteiger partial charge in [-0.25, -0.2) is 9.67 Å². The lowest BCUT2D eigenvalue weighted by molar-refractivity contribution is 0.853. The van der Waals surface area contributed by atoms with Crippen LogP contribution in [0.1, 0.15) is 5.56 Å². The molecule has 2 heterocycles. The second-order valence-electron chi connectivity index (χ2n) is 3.88. The molecular formula is C12H11N5. The quantitative estimate of drug-likeness (QED) is 0.684. The van der Waals surface area contributed by atoms with Crippen molar-refractivity contribution in [1.82, 2.24) is 19.7 Å². The van der Waals surface area contributed by atoms with Gasteiger partial charge in [0, 0.05) is 11.6 Å². The van der Waals surface area contributed by atoms with Crippen LogP contribution in [0.25, 0.3) is 16.7 Å². The van der Waals surface area contributed by atoms with Crippen molar-refractivity contribution in [3.05, 3.63) is 42.2 Å². The SMILES string of the molecule is Cc1cnn(-c2nc(N)nc3ccccc23)c1. The minimum Gasteiger partial charge on any atom is -0.368 e. The summed E-state index contributed by atoms with van der Waals surface area (Å²) >= 11 is 0. The fraction of sp³-hybridized carbons (Fsp3) is 0.0833. The number of nitrogen functional groups attached to an aromatic ring is 1. The number of rotatable bonds is 1. The minimum absolute atomic E-state index is 0.256. The number of nitrogens with zero attached hydrogens (tertiary/aromatic N) is 4. The summed E-state index contributed by atoms with van der Waals surface area (Å²) in [4.78, 5) is 8.45. The Morgan fingerprint density at radius 3 is 2.76 bits per heavy atom. The summed E-state index contributed by atoms with van der Waals surface area (Å²) in [6.45, 7) is 1.98. The molecule has 5 nitrogen and oxygen atoms in total. The predicted molar refractivity (Wildman–Crippen MR) is 65.8 cm³/mol. The summed E-state index contributed by atoms with van der Waals surface area (Å²) < 4.78 is 1.72. The van der Waals surface area contributed by atoms with Crippen molar-refractivity contribution in [2.24, 2.45) is 0 Å². The topological polar surface area (TPSA) is 69.6 Å². The number of fused-ring (bicyclic) bond motifs is 1. The van der Waals surface area contributed by atoms with Crippen molar-refractivity contribution in [2.45, 2.75) is 6.92 Å². The second kappa shape index (κ2) is 3.55. The normalized spacial score (nSPS) is 10.9. The fourth-order valence-electron chi connectivity index (χ4n) is 1.78. The Hall–Kier alpha value is -2.43. The molecule has 0 amide bonds. The number of para-hydroxylation sites is 1. The molecule has 0 spiro atoms. The Labute approximate surface area is 97.9 Å². The van der Waals surface area contributed by atoms with E-state index in [0.717, 1.165) is 16.5 Å². The first kappa shape index (κ1) is 9.77. The van der Waals surface area contributed by atoms with E-state index < -0.39 is 0 Å². The van der Waals surface area contributed by atoms with Crippen LogP contribution in [0.4, 0.5) is 5.95 Å². The lowest BCUT2D eigenvalue weighted by Gasteiger charge is -2.05. The van der Waals surface area contributed by atoms with Crippen LogP contribution in [0.3, 0.4) is 0 Å². The third-order valence-electron chi connectivity index (χ3n) is 2.53. The van der Waals surface area contributed by atoms with Gasteiger partial charge < -0.3 is 5.73 Å². The van der Waals surface area contributed by atoms with Gasteiger partial charge >= 0.3 is 0 Å². The minimum atomic E-state index is 0.256. The molecule has 3 rings (SSSR count). The number of hydrogen-bond acceptors (Lipinski definition) is 4. The van der Waals surface area contributed by atoms with E-state index in [-0.39, 0.29) is 5.95 Å². The molecule has 2 aromatic heterocycles. The average molecular weight is 225 g/mol. The van der Waals surface area contributed by atoms with E-state index in [2.05, 4.69) is 15.1 Å². The highest BCUT2D eigenvalue weighted by Crippen LogP contribution is 2.19. The van der Waals surface area contributed by atoms with E-state index in [4.69, 9.17) is 5.73 Å². The maximum Gasteiger partial charge on any atom is 0.222 e. The van der Waals surface area contributed by atoms with Gasteiger partial charge in [-0.05, 0) is 24.6 Å². The Morgan fingerprint density at radius 1 is 1.18 bits per heavy atom. The van der Waals surface area contributed by atoms with Crippen LogP contribution in [-0.4, -0.2) is 19.7 Å². The highest BCUT2D eigenvalue weighted by atomic mass is 15.3. The summed E-state index contributed by atoms with van der Waals surface area (Å²) in [7, 11) is 0. The molecule has 0 unspecified atom stereocenters. The molecule has 84 valence electrons. The van der Waals surface area contributed by atoms with Gasteiger partial charge in [0.05, 0.1) is 11.7 Å². The van der Waals surface area contributed by atoms with Crippen LogP contribution in [0, 0.1) is 6.92 Å². The van der Waals surface area contributed by atoms with Gasteiger partial charge in [-0.15, -0.1) is 0 Å². The zero-order valence-electron chi connectivity index (χ0n) is 9.33. The molecule has 0 fully saturated rings. The van der Waals surface area contributed by atoms with Gasteiger partial charge in [0.15, 0.2) is 5.82 Å². The van der Waals surface area contributed by atoms with Gasteiger partial charge in [0.2, 0.25) is 5.95 Å². The molecule has 0 saturated carbocycles. The number of benzene rings is 1. The Morgan fingerprint density at radius 2 is 2.00 bits per heavy atom. The molecule has 0 bridgehead atoms. The van der Waals surface area contributed by atoms with Crippen molar-refractivity contribution in [2.75, 3.05) is 5.73 Å². The van der Waals surface area contributed by atoms with E-state index in [9.17, 15) is 0 Å². The van der Waals surface area contributed by atoms with E-state index in [1.54, 1.807) is 10.9 Å². The first-order valence-corrected chi connectivity index (χ1v) is 5.28. The summed E-state index contributed by atoms with van der Waals surface area (Å²) in [6.07, 6.45) is 3.70. The number of aryl methyl sites for hydroxylation is 1. The van der Waals surface area contributed by atoms with Gasteiger partial charge in [-0.2, -0.15) is 10.1 Å². The Balaban J connectivity index is 2.35. The van der Waals surface area contributed by atoms with E-state index in [1.165, 1.54) is 0 Å². The smallest absolute Gasteiger partial charge is 0.222 e. The number of hydrogen-bond donors (Lipinski definition) is 1. The Bertz CT molecular complexity index is 686. The van der Waals surface area contributed by atoms with Crippen LogP contribution < -0.4 is 5.73 Å². The van der Waals surface area contributed by atoms with Crippen molar-refractivity contribution in [1.29, 1.82) is 0 Å². The number of aromatic nitrogens is 4. The summed E-state index contributed by atoms with van der Waals surface area (Å²) in [5.41, 5.74) is 7.60. The molecular weight excluding hydrogens is 214 g/mol. The third-order valence-corrected chi connectivity index (χ3v) is 2.53. The fourth-order valence-corrected chi connectivity index (χ4v) is 1.78. The van der Waals surface area contributed by atoms with Crippen molar-refractivity contribution >= 4 is 16.9 Å². The Kier molecular flexibility index (Phi) is 2.04. The molecule has 0 aliphatic rings. The standard InChI is InChI=1S/C12H11N5/c1-8-6-14-17(7-8)11-9-4-2-3-5-10(9)15-12(13)16-11/h2-7H,1H3,(H2,13,15,16). The predicted octanol–water partition coefficient (Wildman–Crippen LogP) is 1.71. The molecule has 2 N–H and O–H groups in total. The van der Waals surface area contributed by atoms with Gasteiger partial charge in [-0.3, -0.25) is 0 Å². The molecule has 0 radical (unpaired) electrons. The zero-order valence-corrected chi connectivity index (χ0v) is 9.33. The molecule has 5 heteroatoms. The first-order valence-electron chi connectivity index (χ1n) is 5.28. The summed E-state index contributed by atoms with van der Waals surface area (Å²) in [5.74, 6) is 0.966. The number of anilines is 1. The maximum absolute atomic E-state index is 5.71. The largest absolute Gasteiger partial charge is 0.368 e. The lowest BCUT2D eigenvalue weighted by atomic mass is 10.2. The zero-order chi connectivity index (χ0) is 11.8. The van der Waals surface area contributed by atoms with Crippen LogP contribution in [0.2, 0.25) is 0 Å². The maximum atomic E-state index is 5.71. The average Bonchev–Trinajstić information content (AvgIpc) is 2.74. The van der Waals surface area contributed by atoms with Crippen LogP contribution in [0.15, 0.2) is 36.7 Å². The summed E-state index contributed by atoms with van der Waals surface area (Å²) in [5, 5.41) is 5.18. The third kappa shape index (κ3) is 1.61. The molecule has 0 saturated heterocycles. The van der Waals surface area contributed by atoms with Crippen LogP contribution in [-0.2, 0) is 0 Å². The molecule has 1 aromatic carbocycles. The highest BCUT2D eigenvalue weighted by molar-refractivity contribution is 5.86. The van der Waals surface area contributed by atoms with E-state index >= 15 is 0 Å². The number of nitrogens with two attached hydrogens (primary N) is 1. The lowest BCUT2D eigenvalue weighted by Crippen LogP contribution is -2.04. The molecule has 3 aromatic rings. The first-order chi connectivity index (χ1) is 8.24. The molecule has 0 aliphatic heterocycles. The molecule has 17 heavy (non-hydrogen) atoms. The van der Waals surface area contributed by atoms with Crippen molar-refractivity contribution in [3.8, 4) is 5.82 Å². The van der Waals surface area contributed by atoms with Gasteiger partial charge in [-0.1, -0.05) is 12.1 Å². The van der Waals surface area contributed by atoms with Crippen LogP contribution in [0.5, 0.6) is 0 Å². The molecule has 0 aliphatic carbocycles. The van der Waals surface area contributed by atoms with Crippen molar-refractivity contribution < 1.29 is 0 Å². The van der Waals surface area contributed by atoms with Gasteiger partial charge in [0.25, 0.3) is 0 Å². The van der Waals surface area contributed by atoms with E-state index in [1.807, 2.05) is 37.4 Å². The van der Waals surface area contributed by atoms with Crippen molar-refractivity contribution in [3.63, 3.8) is 0 Å². The second-order valence-corrected chi connectivity index (χ2v) is 3.88. The highest BCUT2D eigenvalue weighted by Gasteiger charge is 2.08. The van der Waals surface area contributed by atoms with Gasteiger partial charge in [0.1, 0.15) is 0 Å². The molecule has 0 atom stereocenters.